The van der Waals surface area contributed by atoms with E-state index in [0.717, 1.165) is 48.5 Å². The first-order chi connectivity index (χ1) is 17.6. The monoisotopic (exact) mass is 484 g/mol. The largest absolute Gasteiger partial charge is 0.508 e. The van der Waals surface area contributed by atoms with Gasteiger partial charge in [0.1, 0.15) is 23.0 Å². The Morgan fingerprint density at radius 2 is 1.17 bits per heavy atom. The molecule has 0 radical (unpaired) electrons. The van der Waals surface area contributed by atoms with Gasteiger partial charge in [0.15, 0.2) is 11.5 Å². The summed E-state index contributed by atoms with van der Waals surface area (Å²) in [6.07, 6.45) is 3.44. The molecule has 5 heteroatoms. The first-order valence-corrected chi connectivity index (χ1v) is 12.0. The summed E-state index contributed by atoms with van der Waals surface area (Å²) < 4.78 is 22.8. The normalized spacial score (nSPS) is 10.6. The Morgan fingerprint density at radius 1 is 0.528 bits per heavy atom. The fraction of sp³-hybridized carbons (Fsp3) is 0.226. The number of rotatable bonds is 11. The van der Waals surface area contributed by atoms with Gasteiger partial charge in [-0.1, -0.05) is 36.4 Å². The van der Waals surface area contributed by atoms with Crippen molar-refractivity contribution in [3.05, 3.63) is 107 Å². The molecule has 0 bridgehead atoms. The molecule has 0 saturated heterocycles. The molecule has 0 fully saturated rings. The Balaban J connectivity index is 1.45. The van der Waals surface area contributed by atoms with Gasteiger partial charge in [-0.2, -0.15) is 0 Å². The molecule has 0 aliphatic carbocycles. The number of methoxy groups -OCH3 is 3. The van der Waals surface area contributed by atoms with Gasteiger partial charge >= 0.3 is 0 Å². The highest BCUT2D eigenvalue weighted by molar-refractivity contribution is 5.52. The third-order valence-electron chi connectivity index (χ3n) is 6.17. The molecular weight excluding hydrogens is 452 g/mol. The van der Waals surface area contributed by atoms with Crippen LogP contribution in [-0.4, -0.2) is 26.4 Å². The summed E-state index contributed by atoms with van der Waals surface area (Å²) in [6.45, 7) is 0. The van der Waals surface area contributed by atoms with Crippen molar-refractivity contribution in [2.75, 3.05) is 21.3 Å². The van der Waals surface area contributed by atoms with Crippen LogP contribution in [-0.2, 0) is 25.7 Å². The van der Waals surface area contributed by atoms with Crippen LogP contribution in [0.5, 0.6) is 34.5 Å². The predicted octanol–water partition coefficient (Wildman–Crippen LogP) is 6.78. The third-order valence-corrected chi connectivity index (χ3v) is 6.17. The molecule has 1 N–H and O–H groups in total. The maximum absolute atomic E-state index is 9.44. The van der Waals surface area contributed by atoms with Crippen molar-refractivity contribution in [1.82, 2.24) is 0 Å². The summed E-state index contributed by atoms with van der Waals surface area (Å²) in [7, 11) is 4.97. The zero-order valence-corrected chi connectivity index (χ0v) is 21.0. The Morgan fingerprint density at radius 3 is 1.81 bits per heavy atom. The first kappa shape index (κ1) is 25.0. The lowest BCUT2D eigenvalue weighted by Crippen LogP contribution is -1.99. The van der Waals surface area contributed by atoms with Crippen LogP contribution in [0.25, 0.3) is 0 Å². The molecule has 0 aromatic heterocycles. The molecule has 0 heterocycles. The second-order valence-electron chi connectivity index (χ2n) is 8.58. The number of aryl methyl sites for hydroxylation is 4. The zero-order valence-electron chi connectivity index (χ0n) is 21.0. The topological polar surface area (TPSA) is 57.2 Å². The van der Waals surface area contributed by atoms with Crippen LogP contribution in [0.3, 0.4) is 0 Å². The quantitative estimate of drug-likeness (QED) is 0.254. The van der Waals surface area contributed by atoms with E-state index in [4.69, 9.17) is 18.9 Å². The van der Waals surface area contributed by atoms with Crippen LogP contribution in [0.2, 0.25) is 0 Å². The lowest BCUT2D eigenvalue weighted by atomic mass is 10.0. The molecule has 36 heavy (non-hydrogen) atoms. The lowest BCUT2D eigenvalue weighted by Gasteiger charge is -2.16. The Hall–Kier alpha value is -4.12. The summed E-state index contributed by atoms with van der Waals surface area (Å²) in [4.78, 5) is 0. The van der Waals surface area contributed by atoms with Crippen LogP contribution < -0.4 is 18.9 Å². The Labute approximate surface area is 212 Å². The highest BCUT2D eigenvalue weighted by atomic mass is 16.5. The molecule has 0 saturated carbocycles. The summed E-state index contributed by atoms with van der Waals surface area (Å²) in [5, 5.41) is 9.44. The summed E-state index contributed by atoms with van der Waals surface area (Å²) in [6, 6.07) is 27.4. The highest BCUT2D eigenvalue weighted by Crippen LogP contribution is 2.38. The van der Waals surface area contributed by atoms with Gasteiger partial charge in [-0.3, -0.25) is 0 Å². The maximum Gasteiger partial charge on any atom is 0.169 e. The Bertz CT molecular complexity index is 1260. The zero-order chi connectivity index (χ0) is 25.3. The van der Waals surface area contributed by atoms with Crippen LogP contribution in [0.4, 0.5) is 0 Å². The number of ether oxygens (including phenoxy) is 4. The van der Waals surface area contributed by atoms with Gasteiger partial charge in [0, 0.05) is 6.07 Å². The molecule has 4 rings (SSSR count). The van der Waals surface area contributed by atoms with Gasteiger partial charge in [0.2, 0.25) is 0 Å². The van der Waals surface area contributed by atoms with E-state index in [1.54, 1.807) is 33.5 Å². The van der Waals surface area contributed by atoms with Crippen LogP contribution in [0.1, 0.15) is 22.3 Å². The molecule has 0 unspecified atom stereocenters. The predicted molar refractivity (Wildman–Crippen MR) is 142 cm³/mol. The fourth-order valence-corrected chi connectivity index (χ4v) is 4.12. The lowest BCUT2D eigenvalue weighted by molar-refractivity contribution is 0.366. The second kappa shape index (κ2) is 12.0. The minimum atomic E-state index is 0.290. The van der Waals surface area contributed by atoms with Crippen molar-refractivity contribution in [1.29, 1.82) is 0 Å². The average molecular weight is 485 g/mol. The summed E-state index contributed by atoms with van der Waals surface area (Å²) >= 11 is 0. The minimum absolute atomic E-state index is 0.290. The van der Waals surface area contributed by atoms with Crippen molar-refractivity contribution >= 4 is 0 Å². The number of hydrogen-bond donors (Lipinski definition) is 1. The van der Waals surface area contributed by atoms with Gasteiger partial charge < -0.3 is 24.1 Å². The van der Waals surface area contributed by atoms with E-state index >= 15 is 0 Å². The molecular formula is C31H32O5. The van der Waals surface area contributed by atoms with E-state index in [1.165, 1.54) is 16.7 Å². The molecule has 186 valence electrons. The van der Waals surface area contributed by atoms with Crippen LogP contribution >= 0.6 is 0 Å². The van der Waals surface area contributed by atoms with Gasteiger partial charge in [-0.15, -0.1) is 0 Å². The SMILES string of the molecule is COc1cccc(CCc2cc(Oc3ccc(CCc4ccc(O)cc4)cc3)c(OC)cc2OC)c1. The number of phenols is 1. The molecule has 5 nitrogen and oxygen atoms in total. The van der Waals surface area contributed by atoms with Crippen LogP contribution in [0, 0.1) is 0 Å². The van der Waals surface area contributed by atoms with E-state index in [9.17, 15) is 5.11 Å². The molecule has 0 aliphatic rings. The summed E-state index contributed by atoms with van der Waals surface area (Å²) in [5.41, 5.74) is 4.65. The van der Waals surface area contributed by atoms with E-state index in [-0.39, 0.29) is 5.75 Å². The number of phenolic OH excluding ortho intramolecular Hbond substituents is 1. The molecule has 4 aromatic rings. The molecule has 0 atom stereocenters. The average Bonchev–Trinajstić information content (AvgIpc) is 2.92. The minimum Gasteiger partial charge on any atom is -0.508 e. The van der Waals surface area contributed by atoms with Gasteiger partial charge in [-0.05, 0) is 90.4 Å². The van der Waals surface area contributed by atoms with Gasteiger partial charge in [0.25, 0.3) is 0 Å². The maximum atomic E-state index is 9.44. The molecule has 4 aromatic carbocycles. The second-order valence-corrected chi connectivity index (χ2v) is 8.58. The first-order valence-electron chi connectivity index (χ1n) is 12.0. The van der Waals surface area contributed by atoms with Crippen molar-refractivity contribution in [2.24, 2.45) is 0 Å². The van der Waals surface area contributed by atoms with E-state index in [1.807, 2.05) is 48.5 Å². The van der Waals surface area contributed by atoms with Crippen molar-refractivity contribution in [2.45, 2.75) is 25.7 Å². The number of aromatic hydroxyl groups is 1. The molecule has 0 aliphatic heterocycles. The van der Waals surface area contributed by atoms with Crippen molar-refractivity contribution in [3.8, 4) is 34.5 Å². The molecule has 0 amide bonds. The fourth-order valence-electron chi connectivity index (χ4n) is 4.12. The summed E-state index contributed by atoms with van der Waals surface area (Å²) in [5.74, 6) is 3.92. The smallest absolute Gasteiger partial charge is 0.169 e. The van der Waals surface area contributed by atoms with E-state index in [2.05, 4.69) is 24.3 Å². The van der Waals surface area contributed by atoms with Gasteiger partial charge in [0.05, 0.1) is 21.3 Å². The van der Waals surface area contributed by atoms with Gasteiger partial charge in [-0.25, -0.2) is 0 Å². The Kier molecular flexibility index (Phi) is 8.35. The van der Waals surface area contributed by atoms with E-state index in [0.29, 0.717) is 11.5 Å². The van der Waals surface area contributed by atoms with Crippen molar-refractivity contribution in [3.63, 3.8) is 0 Å². The van der Waals surface area contributed by atoms with Crippen molar-refractivity contribution < 1.29 is 24.1 Å². The highest BCUT2D eigenvalue weighted by Gasteiger charge is 2.14. The molecule has 0 spiro atoms. The van der Waals surface area contributed by atoms with Crippen LogP contribution in [0.15, 0.2) is 84.9 Å². The standard InChI is InChI=1S/C31H32O5/c1-33-28-6-4-5-24(19-28)9-14-25-20-31(30(35-3)21-29(25)34-2)36-27-17-12-23(13-18-27)8-7-22-10-15-26(32)16-11-22/h4-6,10-13,15-21,32H,7-9,14H2,1-3H3. The number of benzene rings is 4. The van der Waals surface area contributed by atoms with E-state index < -0.39 is 0 Å². The number of hydrogen-bond acceptors (Lipinski definition) is 5. The third kappa shape index (κ3) is 6.51.